The Balaban J connectivity index is 1.32. The molecule has 6 rings (SSSR count). The minimum atomic E-state index is 0.471. The van der Waals surface area contributed by atoms with Gasteiger partial charge >= 0.3 is 0 Å². The molecule has 5 heteroatoms. The van der Waals surface area contributed by atoms with E-state index in [-0.39, 0.29) is 0 Å². The van der Waals surface area contributed by atoms with Crippen LogP contribution in [0.4, 0.5) is 5.69 Å². The summed E-state index contributed by atoms with van der Waals surface area (Å²) in [5.74, 6) is 2.03. The second kappa shape index (κ2) is 4.74. The largest absolute Gasteiger partial charge is 0.361 e. The minimum Gasteiger partial charge on any atom is -0.361 e. The maximum atomic E-state index is 8.25. The number of fused-ring (bicyclic) bond motifs is 1. The van der Waals surface area contributed by atoms with Gasteiger partial charge in [0.25, 0.3) is 0 Å². The molecule has 4 unspecified atom stereocenters. The summed E-state index contributed by atoms with van der Waals surface area (Å²) in [6.45, 7) is 2.63. The lowest BCUT2D eigenvalue weighted by atomic mass is 9.61. The quantitative estimate of drug-likeness (QED) is 0.377. The summed E-state index contributed by atoms with van der Waals surface area (Å²) in [7, 11) is 0. The second-order valence-corrected chi connectivity index (χ2v) is 8.66. The Bertz CT molecular complexity index is 986. The number of anilines is 1. The fourth-order valence-corrected chi connectivity index (χ4v) is 5.91. The minimum absolute atomic E-state index is 0.471. The molecule has 4 atom stereocenters. The van der Waals surface area contributed by atoms with Crippen molar-refractivity contribution in [3.8, 4) is 0 Å². The average Bonchev–Trinajstić information content (AvgIpc) is 2.98. The average molecular weight is 348 g/mol. The standard InChI is InChI=1S/C20H20N4S/c21-19(18-2-1-7-25-18)23-12-3-4-17-13(8-12)15(10-22-17)14-9-20-11-24(20)6-5-16(14)20/h1-4,7-8,10,14,16,22H,5-6,9,11H2,(H2,21,23). The van der Waals surface area contributed by atoms with Crippen LogP contribution in [-0.4, -0.2) is 34.3 Å². The molecule has 0 radical (unpaired) electrons. The van der Waals surface area contributed by atoms with E-state index in [2.05, 4.69) is 39.6 Å². The van der Waals surface area contributed by atoms with Gasteiger partial charge in [0.1, 0.15) is 5.84 Å². The number of hydrogen-bond acceptors (Lipinski definition) is 3. The number of nitrogens with zero attached hydrogens (tertiary/aromatic N) is 1. The van der Waals surface area contributed by atoms with Crippen molar-refractivity contribution in [1.29, 1.82) is 5.41 Å². The molecule has 1 saturated carbocycles. The number of aromatic amines is 1. The number of nitrogens with one attached hydrogen (secondary N) is 3. The fraction of sp³-hybridized carbons (Fsp3) is 0.350. The number of rotatable bonds is 3. The molecule has 1 aliphatic carbocycles. The van der Waals surface area contributed by atoms with Crippen LogP contribution in [0.1, 0.15) is 29.2 Å². The lowest BCUT2D eigenvalue weighted by Crippen LogP contribution is -2.41. The monoisotopic (exact) mass is 348 g/mol. The number of piperidine rings is 1. The number of hydrogen-bond donors (Lipinski definition) is 3. The maximum absolute atomic E-state index is 8.25. The topological polar surface area (TPSA) is 54.7 Å². The smallest absolute Gasteiger partial charge is 0.140 e. The Labute approximate surface area is 150 Å². The third kappa shape index (κ3) is 1.88. The lowest BCUT2D eigenvalue weighted by molar-refractivity contribution is 0.182. The fourth-order valence-electron chi connectivity index (χ4n) is 5.28. The summed E-state index contributed by atoms with van der Waals surface area (Å²) in [5, 5.41) is 14.8. The SMILES string of the molecule is N=C(Nc1ccc2[nH]cc(C3CC45CN4CCC35)c2c1)c1cccs1. The van der Waals surface area contributed by atoms with Crippen molar-refractivity contribution in [1.82, 2.24) is 9.88 Å². The third-order valence-corrected chi connectivity index (χ3v) is 7.49. The Morgan fingerprint density at radius 2 is 2.32 bits per heavy atom. The molecule has 0 amide bonds. The van der Waals surface area contributed by atoms with E-state index in [0.29, 0.717) is 17.3 Å². The first-order chi connectivity index (χ1) is 12.2. The molecule has 1 aromatic carbocycles. The van der Waals surface area contributed by atoms with Gasteiger partial charge in [-0.1, -0.05) is 6.07 Å². The Morgan fingerprint density at radius 1 is 1.36 bits per heavy atom. The lowest BCUT2D eigenvalue weighted by Gasteiger charge is -2.42. The summed E-state index contributed by atoms with van der Waals surface area (Å²) in [4.78, 5) is 7.09. The van der Waals surface area contributed by atoms with Crippen molar-refractivity contribution < 1.29 is 0 Å². The molecule has 3 fully saturated rings. The van der Waals surface area contributed by atoms with Crippen LogP contribution in [0.5, 0.6) is 0 Å². The van der Waals surface area contributed by atoms with Crippen LogP contribution >= 0.6 is 11.3 Å². The van der Waals surface area contributed by atoms with E-state index < -0.39 is 0 Å². The van der Waals surface area contributed by atoms with Crippen LogP contribution in [0, 0.1) is 11.3 Å². The van der Waals surface area contributed by atoms with Gasteiger partial charge in [-0.3, -0.25) is 10.3 Å². The Kier molecular flexibility index (Phi) is 2.67. The number of benzene rings is 1. The summed E-state index contributed by atoms with van der Waals surface area (Å²) in [6, 6.07) is 10.4. The van der Waals surface area contributed by atoms with Crippen LogP contribution in [0.2, 0.25) is 0 Å². The molecular formula is C20H20N4S. The van der Waals surface area contributed by atoms with Gasteiger partial charge < -0.3 is 10.3 Å². The summed E-state index contributed by atoms with van der Waals surface area (Å²) >= 11 is 1.59. The number of thiophene rings is 1. The first-order valence-electron chi connectivity index (χ1n) is 9.00. The van der Waals surface area contributed by atoms with Crippen LogP contribution in [0.3, 0.4) is 0 Å². The summed E-state index contributed by atoms with van der Waals surface area (Å²) in [6.07, 6.45) is 4.91. The normalized spacial score (nSPS) is 32.1. The van der Waals surface area contributed by atoms with E-state index in [1.807, 2.05) is 17.5 Å². The molecule has 3 aliphatic rings. The van der Waals surface area contributed by atoms with Gasteiger partial charge in [0.05, 0.1) is 4.88 Å². The molecule has 0 bridgehead atoms. The van der Waals surface area contributed by atoms with Crippen LogP contribution in [0.25, 0.3) is 10.9 Å². The highest BCUT2D eigenvalue weighted by molar-refractivity contribution is 7.12. The molecule has 126 valence electrons. The van der Waals surface area contributed by atoms with Crippen LogP contribution in [0.15, 0.2) is 41.9 Å². The van der Waals surface area contributed by atoms with Gasteiger partial charge in [-0.25, -0.2) is 0 Å². The van der Waals surface area contributed by atoms with E-state index in [1.54, 1.807) is 11.3 Å². The molecular weight excluding hydrogens is 328 g/mol. The summed E-state index contributed by atoms with van der Waals surface area (Å²) in [5.41, 5.74) is 4.27. The van der Waals surface area contributed by atoms with Crippen molar-refractivity contribution in [2.24, 2.45) is 5.92 Å². The first-order valence-corrected chi connectivity index (χ1v) is 9.88. The van der Waals surface area contributed by atoms with E-state index >= 15 is 0 Å². The predicted octanol–water partition coefficient (Wildman–Crippen LogP) is 4.23. The molecule has 2 aromatic heterocycles. The Morgan fingerprint density at radius 3 is 3.12 bits per heavy atom. The molecule has 3 aromatic rings. The van der Waals surface area contributed by atoms with E-state index in [9.17, 15) is 0 Å². The van der Waals surface area contributed by atoms with Gasteiger partial charge in [-0.2, -0.15) is 0 Å². The molecule has 2 aliphatic heterocycles. The van der Waals surface area contributed by atoms with Crippen molar-refractivity contribution >= 4 is 33.8 Å². The van der Waals surface area contributed by atoms with Gasteiger partial charge in [-0.15, -0.1) is 11.3 Å². The van der Waals surface area contributed by atoms with Crippen molar-refractivity contribution in [2.45, 2.75) is 24.3 Å². The van der Waals surface area contributed by atoms with E-state index in [0.717, 1.165) is 16.5 Å². The van der Waals surface area contributed by atoms with Crippen molar-refractivity contribution in [3.05, 3.63) is 52.3 Å². The van der Waals surface area contributed by atoms with Gasteiger partial charge in [0, 0.05) is 34.9 Å². The molecule has 3 N–H and O–H groups in total. The highest BCUT2D eigenvalue weighted by Crippen LogP contribution is 2.66. The molecule has 25 heavy (non-hydrogen) atoms. The van der Waals surface area contributed by atoms with Crippen molar-refractivity contribution in [2.75, 3.05) is 18.4 Å². The number of amidine groups is 1. The van der Waals surface area contributed by atoms with Crippen molar-refractivity contribution in [3.63, 3.8) is 0 Å². The highest BCUT2D eigenvalue weighted by Gasteiger charge is 2.70. The van der Waals surface area contributed by atoms with Crippen LogP contribution < -0.4 is 5.32 Å². The second-order valence-electron chi connectivity index (χ2n) is 7.71. The van der Waals surface area contributed by atoms with E-state index in [1.165, 1.54) is 42.4 Å². The number of H-pyrrole nitrogens is 1. The molecule has 4 heterocycles. The Hall–Kier alpha value is -2.11. The third-order valence-electron chi connectivity index (χ3n) is 6.60. The summed E-state index contributed by atoms with van der Waals surface area (Å²) < 4.78 is 0. The van der Waals surface area contributed by atoms with Gasteiger partial charge in [0.15, 0.2) is 0 Å². The number of aromatic nitrogens is 1. The first kappa shape index (κ1) is 14.1. The molecule has 4 nitrogen and oxygen atoms in total. The molecule has 1 spiro atoms. The van der Waals surface area contributed by atoms with Gasteiger partial charge in [0.2, 0.25) is 0 Å². The van der Waals surface area contributed by atoms with E-state index in [4.69, 9.17) is 5.41 Å². The van der Waals surface area contributed by atoms with Crippen LogP contribution in [-0.2, 0) is 0 Å². The predicted molar refractivity (Wildman–Crippen MR) is 103 cm³/mol. The zero-order valence-corrected chi connectivity index (χ0v) is 14.7. The zero-order valence-electron chi connectivity index (χ0n) is 13.9. The molecule has 2 saturated heterocycles. The van der Waals surface area contributed by atoms with Gasteiger partial charge in [-0.05, 0) is 66.4 Å². The zero-order chi connectivity index (χ0) is 16.6. The highest BCUT2D eigenvalue weighted by atomic mass is 32.1. The maximum Gasteiger partial charge on any atom is 0.140 e.